The Bertz CT molecular complexity index is 1400. The zero-order valence-electron chi connectivity index (χ0n) is 22.3. The number of halogens is 3. The highest BCUT2D eigenvalue weighted by molar-refractivity contribution is 7.71. The van der Waals surface area contributed by atoms with Crippen LogP contribution in [0.3, 0.4) is 0 Å². The molecule has 9 nitrogen and oxygen atoms in total. The smallest absolute Gasteiger partial charge is 0.303 e. The van der Waals surface area contributed by atoms with Crippen molar-refractivity contribution in [1.82, 2.24) is 19.9 Å². The number of alkyl halides is 2. The number of benzene rings is 2. The molecule has 0 spiro atoms. The van der Waals surface area contributed by atoms with Gasteiger partial charge in [-0.3, -0.25) is 4.79 Å². The van der Waals surface area contributed by atoms with Crippen LogP contribution in [-0.4, -0.2) is 61.0 Å². The molecule has 6 N–H and O–H groups in total. The molecule has 2 heterocycles. The monoisotopic (exact) mass is 626 g/mol. The summed E-state index contributed by atoms with van der Waals surface area (Å²) in [4.78, 5) is 26.0. The maximum absolute atomic E-state index is 10.4. The highest BCUT2D eigenvalue weighted by Crippen LogP contribution is 2.24. The van der Waals surface area contributed by atoms with Gasteiger partial charge in [0.15, 0.2) is 10.3 Å². The summed E-state index contributed by atoms with van der Waals surface area (Å²) in [7, 11) is 0. The molecule has 216 valence electrons. The van der Waals surface area contributed by atoms with Crippen molar-refractivity contribution in [2.75, 3.05) is 35.5 Å². The van der Waals surface area contributed by atoms with Gasteiger partial charge in [0.25, 0.3) is 0 Å². The summed E-state index contributed by atoms with van der Waals surface area (Å²) in [6.07, 6.45) is 3.21. The number of carboxylic acids is 1. The van der Waals surface area contributed by atoms with E-state index in [-0.39, 0.29) is 18.1 Å². The van der Waals surface area contributed by atoms with Gasteiger partial charge in [0, 0.05) is 42.0 Å². The predicted octanol–water partition coefficient (Wildman–Crippen LogP) is 6.64. The summed E-state index contributed by atoms with van der Waals surface area (Å²) < 4.78 is 0.439. The van der Waals surface area contributed by atoms with Crippen LogP contribution in [0.1, 0.15) is 29.5 Å². The number of imidazole rings is 1. The van der Waals surface area contributed by atoms with E-state index in [0.717, 1.165) is 46.9 Å². The number of H-pyrrole nitrogens is 2. The van der Waals surface area contributed by atoms with Crippen molar-refractivity contribution in [3.8, 4) is 5.75 Å². The van der Waals surface area contributed by atoms with Crippen LogP contribution in [0.4, 0.5) is 11.6 Å². The minimum absolute atomic E-state index is 0.215. The lowest BCUT2D eigenvalue weighted by Gasteiger charge is -2.23. The van der Waals surface area contributed by atoms with Gasteiger partial charge >= 0.3 is 5.97 Å². The van der Waals surface area contributed by atoms with Crippen LogP contribution in [0, 0.1) is 18.5 Å². The second kappa shape index (κ2) is 16.9. The number of nitrogen functional groups attached to an aromatic ring is 1. The van der Waals surface area contributed by atoms with Crippen molar-refractivity contribution in [3.05, 3.63) is 69.1 Å². The van der Waals surface area contributed by atoms with Crippen molar-refractivity contribution in [1.29, 1.82) is 0 Å². The number of rotatable bonds is 9. The predicted molar refractivity (Wildman–Crippen MR) is 167 cm³/mol. The van der Waals surface area contributed by atoms with E-state index in [1.165, 1.54) is 6.33 Å². The third-order valence-corrected chi connectivity index (χ3v) is 6.84. The van der Waals surface area contributed by atoms with Gasteiger partial charge in [-0.2, -0.15) is 0 Å². The number of hydrogen-bond donors (Lipinski definition) is 5. The Kier molecular flexibility index (Phi) is 14.0. The van der Waals surface area contributed by atoms with E-state index in [4.69, 9.17) is 63.0 Å². The molecule has 13 heteroatoms. The number of phenolic OH excluding ortho intramolecular Hbond substituents is 1. The molecule has 40 heavy (non-hydrogen) atoms. The zero-order chi connectivity index (χ0) is 29.7. The SMILES string of the molecule is Cc1cc(O)cc(C)c1Cl.Nc1nc(=S)c2[nH]cnc2[nH]1.O=C(O)CCCc1ccc(N(CCCl)CCCl)cc1. The molecule has 0 amide bonds. The minimum atomic E-state index is -0.743. The molecular weight excluding hydrogens is 595 g/mol. The standard InChI is InChI=1S/C14H19Cl2NO2.C8H9ClO.C5H5N5S/c15-8-10-17(11-9-16)13-6-4-12(5-7-13)2-1-3-14(18)19;1-5-3-7(10)4-6(2)8(5)9;6-5-9-3-2(4(11)10-5)7-1-8-3/h4-7H,1-3,8-11H2,(H,18,19);3-4,10H,1-2H3;1H,(H4,6,7,8,9,10,11). The molecule has 0 saturated carbocycles. The maximum atomic E-state index is 10.4. The van der Waals surface area contributed by atoms with E-state index >= 15 is 0 Å². The zero-order valence-corrected chi connectivity index (χ0v) is 25.3. The number of phenols is 1. The van der Waals surface area contributed by atoms with Crippen LogP contribution in [0.15, 0.2) is 42.7 Å². The number of carbonyl (C=O) groups is 1. The normalized spacial score (nSPS) is 10.3. The maximum Gasteiger partial charge on any atom is 0.303 e. The lowest BCUT2D eigenvalue weighted by Crippen LogP contribution is -2.27. The fourth-order valence-electron chi connectivity index (χ4n) is 3.68. The van der Waals surface area contributed by atoms with E-state index in [2.05, 4.69) is 24.8 Å². The summed E-state index contributed by atoms with van der Waals surface area (Å²) in [5.74, 6) is 0.954. The van der Waals surface area contributed by atoms with Gasteiger partial charge in [-0.1, -0.05) is 36.0 Å². The summed E-state index contributed by atoms with van der Waals surface area (Å²) in [5.41, 5.74) is 10.8. The number of carboxylic acid groups (broad SMARTS) is 1. The number of anilines is 2. The van der Waals surface area contributed by atoms with Crippen LogP contribution >= 0.6 is 47.0 Å². The summed E-state index contributed by atoms with van der Waals surface area (Å²) in [6.45, 7) is 5.28. The number of nitrogens with one attached hydrogen (secondary N) is 2. The third kappa shape index (κ3) is 10.8. The average Bonchev–Trinajstić information content (AvgIpc) is 3.37. The first kappa shape index (κ1) is 33.2. The van der Waals surface area contributed by atoms with Gasteiger partial charge in [0.2, 0.25) is 5.95 Å². The summed E-state index contributed by atoms with van der Waals surface area (Å²) >= 11 is 22.3. The van der Waals surface area contributed by atoms with Crippen molar-refractivity contribution in [2.24, 2.45) is 0 Å². The van der Waals surface area contributed by atoms with Gasteiger partial charge in [-0.25, -0.2) is 9.97 Å². The number of aliphatic carboxylic acids is 1. The Morgan fingerprint density at radius 1 is 1.10 bits per heavy atom. The summed E-state index contributed by atoms with van der Waals surface area (Å²) in [6, 6.07) is 11.4. The molecule has 0 radical (unpaired) electrons. The second-order valence-corrected chi connectivity index (χ2v) is 10.2. The van der Waals surface area contributed by atoms with E-state index < -0.39 is 5.97 Å². The minimum Gasteiger partial charge on any atom is -0.508 e. The third-order valence-electron chi connectivity index (χ3n) is 5.61. The van der Waals surface area contributed by atoms with Crippen LogP contribution < -0.4 is 10.6 Å². The molecule has 0 aliphatic heterocycles. The Balaban J connectivity index is 0.000000226. The van der Waals surface area contributed by atoms with E-state index in [9.17, 15) is 4.79 Å². The second-order valence-electron chi connectivity index (χ2n) is 8.73. The number of aryl methyl sites for hydroxylation is 3. The lowest BCUT2D eigenvalue weighted by molar-refractivity contribution is -0.137. The van der Waals surface area contributed by atoms with E-state index in [1.54, 1.807) is 12.1 Å². The molecule has 2 aromatic heterocycles. The number of aromatic nitrogens is 4. The van der Waals surface area contributed by atoms with Crippen molar-refractivity contribution in [2.45, 2.75) is 33.1 Å². The van der Waals surface area contributed by atoms with Crippen LogP contribution in [0.5, 0.6) is 5.75 Å². The molecule has 2 aromatic carbocycles. The Hall–Kier alpha value is -3.05. The molecule has 0 atom stereocenters. The van der Waals surface area contributed by atoms with E-state index in [0.29, 0.717) is 34.0 Å². The molecule has 0 aliphatic rings. The first-order valence-electron chi connectivity index (χ1n) is 12.4. The highest BCUT2D eigenvalue weighted by atomic mass is 35.5. The number of fused-ring (bicyclic) bond motifs is 1. The fraction of sp³-hybridized carbons (Fsp3) is 0.333. The van der Waals surface area contributed by atoms with Crippen LogP contribution in [0.2, 0.25) is 5.02 Å². The molecular formula is C27H33Cl3N6O3S. The largest absolute Gasteiger partial charge is 0.508 e. The number of nitrogens with two attached hydrogens (primary N) is 1. The van der Waals surface area contributed by atoms with Gasteiger partial charge in [0.1, 0.15) is 11.3 Å². The number of nitrogens with zero attached hydrogens (tertiary/aromatic N) is 3. The number of aromatic hydroxyl groups is 1. The fourth-order valence-corrected chi connectivity index (χ4v) is 4.45. The van der Waals surface area contributed by atoms with Gasteiger partial charge < -0.3 is 30.8 Å². The van der Waals surface area contributed by atoms with Crippen molar-refractivity contribution < 1.29 is 15.0 Å². The lowest BCUT2D eigenvalue weighted by atomic mass is 10.1. The average molecular weight is 628 g/mol. The van der Waals surface area contributed by atoms with Crippen molar-refractivity contribution in [3.63, 3.8) is 0 Å². The molecule has 0 saturated heterocycles. The first-order chi connectivity index (χ1) is 19.0. The molecule has 0 aliphatic carbocycles. The summed E-state index contributed by atoms with van der Waals surface area (Å²) in [5, 5.41) is 18.4. The highest BCUT2D eigenvalue weighted by Gasteiger charge is 2.06. The number of hydrogen-bond acceptors (Lipinski definition) is 7. The van der Waals surface area contributed by atoms with Crippen LogP contribution in [0.25, 0.3) is 11.2 Å². The molecule has 4 aromatic rings. The van der Waals surface area contributed by atoms with Gasteiger partial charge in [0.05, 0.1) is 6.33 Å². The first-order valence-corrected chi connectivity index (χ1v) is 14.2. The Morgan fingerprint density at radius 2 is 1.70 bits per heavy atom. The van der Waals surface area contributed by atoms with Gasteiger partial charge in [-0.15, -0.1) is 23.2 Å². The molecule has 0 unspecified atom stereocenters. The Labute approximate surface area is 253 Å². The molecule has 0 fully saturated rings. The van der Waals surface area contributed by atoms with Gasteiger partial charge in [-0.05, 0) is 67.6 Å². The Morgan fingerprint density at radius 3 is 2.25 bits per heavy atom. The number of aromatic amines is 2. The van der Waals surface area contributed by atoms with Crippen molar-refractivity contribution >= 4 is 75.8 Å². The molecule has 0 bridgehead atoms. The van der Waals surface area contributed by atoms with E-state index in [1.807, 2.05) is 38.1 Å². The topological polar surface area (TPSA) is 144 Å². The van der Waals surface area contributed by atoms with Crippen LogP contribution in [-0.2, 0) is 11.2 Å². The molecule has 4 rings (SSSR count). The quantitative estimate of drug-likeness (QED) is 0.103.